The zero-order chi connectivity index (χ0) is 10.1. The lowest BCUT2D eigenvalue weighted by molar-refractivity contribution is 0.0255. The molecular formula is C11H24N2. The first-order valence-electron chi connectivity index (χ1n) is 5.49. The molecule has 0 aromatic carbocycles. The van der Waals surface area contributed by atoms with E-state index in [1.54, 1.807) is 0 Å². The summed E-state index contributed by atoms with van der Waals surface area (Å²) in [7, 11) is 0. The first-order valence-corrected chi connectivity index (χ1v) is 5.49. The number of rotatable bonds is 2. The molecule has 1 heterocycles. The quantitative estimate of drug-likeness (QED) is 0.704. The van der Waals surface area contributed by atoms with Gasteiger partial charge in [-0.2, -0.15) is 0 Å². The lowest BCUT2D eigenvalue weighted by Gasteiger charge is -2.49. The van der Waals surface area contributed by atoms with E-state index in [0.717, 1.165) is 6.54 Å². The van der Waals surface area contributed by atoms with Crippen molar-refractivity contribution in [2.24, 2.45) is 0 Å². The van der Waals surface area contributed by atoms with Crippen LogP contribution in [0.25, 0.3) is 0 Å². The number of nitrogens with one attached hydrogen (secondary N) is 1. The Hall–Kier alpha value is -0.0800. The van der Waals surface area contributed by atoms with Crippen LogP contribution in [0.1, 0.15) is 41.0 Å². The van der Waals surface area contributed by atoms with E-state index in [4.69, 9.17) is 0 Å². The molecule has 0 amide bonds. The van der Waals surface area contributed by atoms with E-state index in [9.17, 15) is 0 Å². The Morgan fingerprint density at radius 3 is 2.62 bits per heavy atom. The molecular weight excluding hydrogens is 160 g/mol. The molecule has 2 nitrogen and oxygen atoms in total. The third-order valence-corrected chi connectivity index (χ3v) is 3.38. The standard InChI is InChI=1S/C11H24N2/c1-6-11(5)8-12-10(4)7-13(11)9(2)3/h9-10,12H,6-8H2,1-5H3. The lowest BCUT2D eigenvalue weighted by atomic mass is 9.91. The number of hydrogen-bond donors (Lipinski definition) is 1. The highest BCUT2D eigenvalue weighted by atomic mass is 15.3. The second kappa shape index (κ2) is 3.97. The first kappa shape index (κ1) is 11.0. The molecule has 0 bridgehead atoms. The van der Waals surface area contributed by atoms with Gasteiger partial charge >= 0.3 is 0 Å². The predicted molar refractivity (Wildman–Crippen MR) is 58.0 cm³/mol. The van der Waals surface area contributed by atoms with Gasteiger partial charge < -0.3 is 5.32 Å². The summed E-state index contributed by atoms with van der Waals surface area (Å²) in [6.07, 6.45) is 1.23. The van der Waals surface area contributed by atoms with E-state index in [0.29, 0.717) is 17.6 Å². The van der Waals surface area contributed by atoms with Crippen molar-refractivity contribution >= 4 is 0 Å². The number of nitrogens with zero attached hydrogens (tertiary/aromatic N) is 1. The first-order chi connectivity index (χ1) is 5.99. The van der Waals surface area contributed by atoms with E-state index < -0.39 is 0 Å². The Kier molecular flexibility index (Phi) is 3.36. The van der Waals surface area contributed by atoms with E-state index in [2.05, 4.69) is 44.8 Å². The van der Waals surface area contributed by atoms with E-state index in [1.165, 1.54) is 13.0 Å². The van der Waals surface area contributed by atoms with Gasteiger partial charge in [-0.3, -0.25) is 4.90 Å². The normalized spacial score (nSPS) is 36.9. The summed E-state index contributed by atoms with van der Waals surface area (Å²) in [6, 6.07) is 1.30. The maximum absolute atomic E-state index is 3.57. The van der Waals surface area contributed by atoms with E-state index in [-0.39, 0.29) is 0 Å². The smallest absolute Gasteiger partial charge is 0.0306 e. The van der Waals surface area contributed by atoms with Crippen LogP contribution in [0.2, 0.25) is 0 Å². The van der Waals surface area contributed by atoms with E-state index >= 15 is 0 Å². The van der Waals surface area contributed by atoms with Crippen LogP contribution >= 0.6 is 0 Å². The fraction of sp³-hybridized carbons (Fsp3) is 1.00. The average Bonchev–Trinajstić information content (AvgIpc) is 2.09. The fourth-order valence-corrected chi connectivity index (χ4v) is 2.24. The highest BCUT2D eigenvalue weighted by Crippen LogP contribution is 2.24. The van der Waals surface area contributed by atoms with Gasteiger partial charge in [-0.15, -0.1) is 0 Å². The maximum Gasteiger partial charge on any atom is 0.0306 e. The van der Waals surface area contributed by atoms with Crippen LogP contribution in [0.4, 0.5) is 0 Å². The van der Waals surface area contributed by atoms with Crippen LogP contribution in [0.3, 0.4) is 0 Å². The summed E-state index contributed by atoms with van der Waals surface area (Å²) in [5.74, 6) is 0. The summed E-state index contributed by atoms with van der Waals surface area (Å²) in [4.78, 5) is 2.63. The van der Waals surface area contributed by atoms with Crippen molar-refractivity contribution in [1.29, 1.82) is 0 Å². The molecule has 2 atom stereocenters. The molecule has 1 aliphatic heterocycles. The van der Waals surface area contributed by atoms with Crippen LogP contribution in [-0.4, -0.2) is 35.6 Å². The van der Waals surface area contributed by atoms with Gasteiger partial charge in [0.25, 0.3) is 0 Å². The van der Waals surface area contributed by atoms with Crippen LogP contribution in [-0.2, 0) is 0 Å². The van der Waals surface area contributed by atoms with Crippen LogP contribution in [0, 0.1) is 0 Å². The van der Waals surface area contributed by atoms with Gasteiger partial charge in [0.1, 0.15) is 0 Å². The molecule has 1 rings (SSSR count). The minimum atomic E-state index is 0.362. The monoisotopic (exact) mass is 184 g/mol. The molecule has 0 aliphatic carbocycles. The largest absolute Gasteiger partial charge is 0.311 e. The Bertz CT molecular complexity index is 167. The van der Waals surface area contributed by atoms with Gasteiger partial charge in [-0.25, -0.2) is 0 Å². The molecule has 0 spiro atoms. The number of piperazine rings is 1. The fourth-order valence-electron chi connectivity index (χ4n) is 2.24. The molecule has 1 fully saturated rings. The Labute approximate surface area is 82.7 Å². The van der Waals surface area contributed by atoms with E-state index in [1.807, 2.05) is 0 Å². The average molecular weight is 184 g/mol. The van der Waals surface area contributed by atoms with Crippen molar-refractivity contribution in [3.63, 3.8) is 0 Å². The molecule has 0 aromatic heterocycles. The summed E-state index contributed by atoms with van der Waals surface area (Å²) >= 11 is 0. The van der Waals surface area contributed by atoms with Crippen LogP contribution < -0.4 is 5.32 Å². The molecule has 0 radical (unpaired) electrons. The molecule has 1 aliphatic rings. The molecule has 2 heteroatoms. The second-order valence-electron chi connectivity index (χ2n) is 4.88. The minimum absolute atomic E-state index is 0.362. The molecule has 1 N–H and O–H groups in total. The topological polar surface area (TPSA) is 15.3 Å². The Morgan fingerprint density at radius 2 is 2.15 bits per heavy atom. The third kappa shape index (κ3) is 2.23. The Balaban J connectivity index is 2.72. The summed E-state index contributed by atoms with van der Waals surface area (Å²) in [5.41, 5.74) is 0.362. The van der Waals surface area contributed by atoms with Gasteiger partial charge in [-0.05, 0) is 34.1 Å². The van der Waals surface area contributed by atoms with Crippen molar-refractivity contribution in [2.75, 3.05) is 13.1 Å². The molecule has 0 aromatic rings. The SMILES string of the molecule is CCC1(C)CNC(C)CN1C(C)C. The summed E-state index contributed by atoms with van der Waals surface area (Å²) < 4.78 is 0. The highest BCUT2D eigenvalue weighted by molar-refractivity contribution is 4.95. The third-order valence-electron chi connectivity index (χ3n) is 3.38. The van der Waals surface area contributed by atoms with Crippen LogP contribution in [0.5, 0.6) is 0 Å². The van der Waals surface area contributed by atoms with Crippen molar-refractivity contribution in [2.45, 2.75) is 58.7 Å². The molecule has 78 valence electrons. The minimum Gasteiger partial charge on any atom is -0.311 e. The van der Waals surface area contributed by atoms with Crippen molar-refractivity contribution < 1.29 is 0 Å². The zero-order valence-corrected chi connectivity index (χ0v) is 9.72. The van der Waals surface area contributed by atoms with Gasteiger partial charge in [0, 0.05) is 30.7 Å². The second-order valence-corrected chi connectivity index (χ2v) is 4.88. The summed E-state index contributed by atoms with van der Waals surface area (Å²) in [6.45, 7) is 13.8. The molecule has 13 heavy (non-hydrogen) atoms. The maximum atomic E-state index is 3.57. The molecule has 2 unspecified atom stereocenters. The Morgan fingerprint density at radius 1 is 1.54 bits per heavy atom. The van der Waals surface area contributed by atoms with Gasteiger partial charge in [0.15, 0.2) is 0 Å². The number of hydrogen-bond acceptors (Lipinski definition) is 2. The van der Waals surface area contributed by atoms with Gasteiger partial charge in [-0.1, -0.05) is 6.92 Å². The van der Waals surface area contributed by atoms with Crippen molar-refractivity contribution in [1.82, 2.24) is 10.2 Å². The van der Waals surface area contributed by atoms with Gasteiger partial charge in [0.05, 0.1) is 0 Å². The lowest BCUT2D eigenvalue weighted by Crippen LogP contribution is -2.64. The summed E-state index contributed by atoms with van der Waals surface area (Å²) in [5, 5.41) is 3.57. The van der Waals surface area contributed by atoms with Crippen molar-refractivity contribution in [3.8, 4) is 0 Å². The molecule has 0 saturated carbocycles. The molecule has 1 saturated heterocycles. The predicted octanol–water partition coefficient (Wildman–Crippen LogP) is 1.86. The zero-order valence-electron chi connectivity index (χ0n) is 9.72. The highest BCUT2D eigenvalue weighted by Gasteiger charge is 2.36. The van der Waals surface area contributed by atoms with Gasteiger partial charge in [0.2, 0.25) is 0 Å². The van der Waals surface area contributed by atoms with Crippen molar-refractivity contribution in [3.05, 3.63) is 0 Å². The van der Waals surface area contributed by atoms with Crippen LogP contribution in [0.15, 0.2) is 0 Å².